The van der Waals surface area contributed by atoms with Gasteiger partial charge in [0.2, 0.25) is 10.0 Å². The smallest absolute Gasteiger partial charge is 0.335 e. The molecule has 1 aromatic carbocycles. The van der Waals surface area contributed by atoms with Crippen LogP contribution in [0, 0.1) is 6.92 Å². The van der Waals surface area contributed by atoms with E-state index in [-0.39, 0.29) is 15.3 Å². The number of carbonyl (C=O) groups is 2. The third-order valence-electron chi connectivity index (χ3n) is 3.88. The monoisotopic (exact) mass is 396 g/mol. The van der Waals surface area contributed by atoms with Gasteiger partial charge in [0.15, 0.2) is 0 Å². The number of amides is 1. The number of carboxylic acids is 1. The first kappa shape index (κ1) is 20.1. The number of carbonyl (C=O) groups excluding carboxylic acids is 1. The van der Waals surface area contributed by atoms with Crippen LogP contribution in [0.4, 0.5) is 5.69 Å². The average molecular weight is 396 g/mol. The minimum atomic E-state index is -3.63. The van der Waals surface area contributed by atoms with Crippen molar-refractivity contribution in [3.05, 3.63) is 45.6 Å². The molecular formula is C17H20N2O5S2. The van der Waals surface area contributed by atoms with Crippen molar-refractivity contribution >= 4 is 38.9 Å². The molecule has 0 aliphatic heterocycles. The van der Waals surface area contributed by atoms with Crippen LogP contribution in [0.15, 0.2) is 34.5 Å². The molecule has 0 bridgehead atoms. The molecule has 7 nitrogen and oxygen atoms in total. The van der Waals surface area contributed by atoms with Gasteiger partial charge in [-0.3, -0.25) is 4.79 Å². The zero-order valence-corrected chi connectivity index (χ0v) is 16.3. The molecule has 2 aromatic rings. The maximum atomic E-state index is 12.5. The van der Waals surface area contributed by atoms with Gasteiger partial charge in [0, 0.05) is 24.2 Å². The third-order valence-corrected chi connectivity index (χ3v) is 6.98. The summed E-state index contributed by atoms with van der Waals surface area (Å²) >= 11 is 1.02. The summed E-state index contributed by atoms with van der Waals surface area (Å²) in [7, 11) is -3.63. The van der Waals surface area contributed by atoms with Crippen LogP contribution < -0.4 is 5.32 Å². The van der Waals surface area contributed by atoms with Crippen LogP contribution in [0.3, 0.4) is 0 Å². The van der Waals surface area contributed by atoms with Crippen molar-refractivity contribution in [2.45, 2.75) is 25.7 Å². The number of anilines is 1. The van der Waals surface area contributed by atoms with E-state index in [2.05, 4.69) is 5.32 Å². The lowest BCUT2D eigenvalue weighted by molar-refractivity contribution is 0.0696. The first-order valence-electron chi connectivity index (χ1n) is 7.94. The summed E-state index contributed by atoms with van der Waals surface area (Å²) in [5, 5.41) is 13.1. The van der Waals surface area contributed by atoms with Gasteiger partial charge in [0.25, 0.3) is 5.91 Å². The molecule has 1 heterocycles. The van der Waals surface area contributed by atoms with E-state index in [9.17, 15) is 18.0 Å². The predicted molar refractivity (Wildman–Crippen MR) is 101 cm³/mol. The van der Waals surface area contributed by atoms with Gasteiger partial charge in [-0.2, -0.15) is 4.31 Å². The SMILES string of the molecule is CCN(CC)S(=O)(=O)c1csc(C(=O)Nc2cc(C(=O)O)ccc2C)c1. The Labute approximate surface area is 156 Å². The van der Waals surface area contributed by atoms with Crippen LogP contribution >= 0.6 is 11.3 Å². The molecule has 0 unspecified atom stereocenters. The fourth-order valence-electron chi connectivity index (χ4n) is 2.36. The molecule has 1 amide bonds. The summed E-state index contributed by atoms with van der Waals surface area (Å²) in [5.74, 6) is -1.58. The standard InChI is InChI=1S/C17H20N2O5S2/c1-4-19(5-2)26(23,24)13-9-15(25-10-13)16(20)18-14-8-12(17(21)22)7-6-11(14)3/h6-10H,4-5H2,1-3H3,(H,18,20)(H,21,22). The lowest BCUT2D eigenvalue weighted by Gasteiger charge is -2.17. The highest BCUT2D eigenvalue weighted by molar-refractivity contribution is 7.89. The third kappa shape index (κ3) is 4.12. The van der Waals surface area contributed by atoms with Crippen LogP contribution in [0.25, 0.3) is 0 Å². The Kier molecular flexibility index (Phi) is 6.17. The number of sulfonamides is 1. The normalized spacial score (nSPS) is 11.5. The Morgan fingerprint density at radius 1 is 1.19 bits per heavy atom. The number of benzene rings is 1. The number of thiophene rings is 1. The van der Waals surface area contributed by atoms with Gasteiger partial charge in [-0.05, 0) is 30.7 Å². The minimum Gasteiger partial charge on any atom is -0.478 e. The van der Waals surface area contributed by atoms with Crippen molar-refractivity contribution in [3.63, 3.8) is 0 Å². The van der Waals surface area contributed by atoms with Crippen molar-refractivity contribution in [1.29, 1.82) is 0 Å². The Hall–Kier alpha value is -2.23. The number of rotatable bonds is 7. The molecule has 0 spiro atoms. The highest BCUT2D eigenvalue weighted by Crippen LogP contribution is 2.24. The number of hydrogen-bond acceptors (Lipinski definition) is 5. The van der Waals surface area contributed by atoms with Crippen molar-refractivity contribution in [3.8, 4) is 0 Å². The first-order valence-corrected chi connectivity index (χ1v) is 10.3. The van der Waals surface area contributed by atoms with Crippen LogP contribution in [0.5, 0.6) is 0 Å². The summed E-state index contributed by atoms with van der Waals surface area (Å²) < 4.78 is 26.3. The maximum Gasteiger partial charge on any atom is 0.335 e. The Bertz CT molecular complexity index is 930. The quantitative estimate of drug-likeness (QED) is 0.749. The highest BCUT2D eigenvalue weighted by atomic mass is 32.2. The number of carboxylic acid groups (broad SMARTS) is 1. The molecule has 2 N–H and O–H groups in total. The molecule has 1 aromatic heterocycles. The maximum absolute atomic E-state index is 12.5. The van der Waals surface area contributed by atoms with Crippen LogP contribution in [-0.2, 0) is 10.0 Å². The van der Waals surface area contributed by atoms with E-state index >= 15 is 0 Å². The van der Waals surface area contributed by atoms with Crippen LogP contribution in [0.1, 0.15) is 39.4 Å². The van der Waals surface area contributed by atoms with E-state index in [1.165, 1.54) is 27.9 Å². The minimum absolute atomic E-state index is 0.0573. The number of aryl methyl sites for hydroxylation is 1. The van der Waals surface area contributed by atoms with Crippen LogP contribution in [0.2, 0.25) is 0 Å². The van der Waals surface area contributed by atoms with Crippen molar-refractivity contribution in [1.82, 2.24) is 4.31 Å². The van der Waals surface area contributed by atoms with Gasteiger partial charge < -0.3 is 10.4 Å². The number of hydrogen-bond donors (Lipinski definition) is 2. The lowest BCUT2D eigenvalue weighted by Crippen LogP contribution is -2.30. The van der Waals surface area contributed by atoms with E-state index in [1.54, 1.807) is 26.8 Å². The van der Waals surface area contributed by atoms with Gasteiger partial charge in [0.05, 0.1) is 15.3 Å². The second kappa shape index (κ2) is 7.98. The Balaban J connectivity index is 2.26. The summed E-state index contributed by atoms with van der Waals surface area (Å²) in [4.78, 5) is 23.8. The number of nitrogens with zero attached hydrogens (tertiary/aromatic N) is 1. The van der Waals surface area contributed by atoms with Crippen molar-refractivity contribution in [2.24, 2.45) is 0 Å². The van der Waals surface area contributed by atoms with Crippen molar-refractivity contribution in [2.75, 3.05) is 18.4 Å². The molecule has 2 rings (SSSR count). The molecule has 0 atom stereocenters. The van der Waals surface area contributed by atoms with E-state index < -0.39 is 21.9 Å². The van der Waals surface area contributed by atoms with Gasteiger partial charge in [-0.25, -0.2) is 13.2 Å². The predicted octanol–water partition coefficient (Wildman–Crippen LogP) is 3.04. The molecule has 0 saturated heterocycles. The number of nitrogens with one attached hydrogen (secondary N) is 1. The largest absolute Gasteiger partial charge is 0.478 e. The fraction of sp³-hybridized carbons (Fsp3) is 0.294. The summed E-state index contributed by atoms with van der Waals surface area (Å²) in [6, 6.07) is 5.76. The van der Waals surface area contributed by atoms with E-state index in [0.29, 0.717) is 24.3 Å². The van der Waals surface area contributed by atoms with E-state index in [4.69, 9.17) is 5.11 Å². The average Bonchev–Trinajstić information content (AvgIpc) is 3.08. The molecule has 0 fully saturated rings. The molecular weight excluding hydrogens is 376 g/mol. The molecule has 140 valence electrons. The second-order valence-electron chi connectivity index (χ2n) is 5.52. The van der Waals surface area contributed by atoms with Gasteiger partial charge in [0.1, 0.15) is 0 Å². The van der Waals surface area contributed by atoms with E-state index in [1.807, 2.05) is 0 Å². The highest BCUT2D eigenvalue weighted by Gasteiger charge is 2.24. The van der Waals surface area contributed by atoms with Gasteiger partial charge in [-0.1, -0.05) is 19.9 Å². The first-order chi connectivity index (χ1) is 12.2. The van der Waals surface area contributed by atoms with Gasteiger partial charge in [-0.15, -0.1) is 11.3 Å². The molecule has 0 aliphatic rings. The van der Waals surface area contributed by atoms with Crippen molar-refractivity contribution < 1.29 is 23.1 Å². The topological polar surface area (TPSA) is 104 Å². The van der Waals surface area contributed by atoms with E-state index in [0.717, 1.165) is 11.3 Å². The Morgan fingerprint density at radius 3 is 2.42 bits per heavy atom. The second-order valence-corrected chi connectivity index (χ2v) is 8.37. The molecule has 26 heavy (non-hydrogen) atoms. The fourth-order valence-corrected chi connectivity index (χ4v) is 4.97. The molecule has 9 heteroatoms. The Morgan fingerprint density at radius 2 is 1.85 bits per heavy atom. The molecule has 0 radical (unpaired) electrons. The zero-order valence-electron chi connectivity index (χ0n) is 14.6. The summed E-state index contributed by atoms with van der Waals surface area (Å²) in [6.45, 7) is 5.93. The van der Waals surface area contributed by atoms with Crippen LogP contribution in [-0.4, -0.2) is 42.8 Å². The summed E-state index contributed by atoms with van der Waals surface area (Å²) in [6.07, 6.45) is 0. The molecule has 0 saturated carbocycles. The lowest BCUT2D eigenvalue weighted by atomic mass is 10.1. The molecule has 0 aliphatic carbocycles. The number of aromatic carboxylic acids is 1. The summed E-state index contributed by atoms with van der Waals surface area (Å²) in [5.41, 5.74) is 1.13. The van der Waals surface area contributed by atoms with Gasteiger partial charge >= 0.3 is 5.97 Å². The zero-order chi connectivity index (χ0) is 19.5.